The third-order valence-electron chi connectivity index (χ3n) is 3.61. The van der Waals surface area contributed by atoms with Crippen LogP contribution in [-0.2, 0) is 9.59 Å². The molecule has 27 heavy (non-hydrogen) atoms. The van der Waals surface area contributed by atoms with E-state index in [9.17, 15) is 18.8 Å². The highest BCUT2D eigenvalue weighted by atomic mass is 32.2. The van der Waals surface area contributed by atoms with Crippen molar-refractivity contribution in [2.45, 2.75) is 5.16 Å². The number of nitrogens with zero attached hydrogens (tertiary/aromatic N) is 4. The Bertz CT molecular complexity index is 874. The van der Waals surface area contributed by atoms with Gasteiger partial charge in [0.1, 0.15) is 5.82 Å². The van der Waals surface area contributed by atoms with Crippen LogP contribution in [0.5, 0.6) is 0 Å². The van der Waals surface area contributed by atoms with Crippen molar-refractivity contribution >= 4 is 40.6 Å². The van der Waals surface area contributed by atoms with Crippen LogP contribution in [0.15, 0.2) is 29.4 Å². The van der Waals surface area contributed by atoms with Gasteiger partial charge in [-0.25, -0.2) is 9.07 Å². The van der Waals surface area contributed by atoms with E-state index in [1.807, 2.05) is 0 Å². The van der Waals surface area contributed by atoms with Crippen molar-refractivity contribution in [3.05, 3.63) is 30.1 Å². The predicted octanol–water partition coefficient (Wildman–Crippen LogP) is 0.702. The first-order valence-electron chi connectivity index (χ1n) is 7.79. The molecule has 0 saturated carbocycles. The van der Waals surface area contributed by atoms with Crippen molar-refractivity contribution in [1.82, 2.24) is 25.1 Å². The fraction of sp³-hybridized carbons (Fsp3) is 0.267. The molecule has 1 aromatic carbocycles. The van der Waals surface area contributed by atoms with E-state index in [0.717, 1.165) is 33.1 Å². The molecule has 1 aliphatic rings. The number of amides is 3. The largest absolute Gasteiger partial charge is 0.354 e. The number of rotatable bonds is 7. The van der Waals surface area contributed by atoms with Gasteiger partial charge < -0.3 is 11.2 Å². The normalized spacial score (nSPS) is 14.0. The first-order valence-corrected chi connectivity index (χ1v) is 9.76. The Morgan fingerprint density at radius 1 is 1.33 bits per heavy atom. The molecule has 3 amide bonds. The van der Waals surface area contributed by atoms with Crippen LogP contribution in [0.1, 0.15) is 0 Å². The number of thioether (sulfide) groups is 2. The molecule has 1 aromatic heterocycles. The number of hydrogen-bond acceptors (Lipinski definition) is 8. The third-order valence-corrected chi connectivity index (χ3v) is 5.41. The molecule has 0 bridgehead atoms. The summed E-state index contributed by atoms with van der Waals surface area (Å²) < 4.78 is 15.0. The van der Waals surface area contributed by atoms with Gasteiger partial charge in [0.2, 0.25) is 17.0 Å². The number of nitrogens with two attached hydrogens (primary N) is 1. The molecule has 0 aliphatic carbocycles. The molecule has 0 unspecified atom stereocenters. The molecule has 9 nitrogen and oxygen atoms in total. The molecular weight excluding hydrogens is 395 g/mol. The maximum absolute atomic E-state index is 13.8. The molecule has 3 rings (SSSR count). The number of aromatic nitrogens is 3. The molecule has 12 heteroatoms. The molecule has 2 heterocycles. The van der Waals surface area contributed by atoms with E-state index in [1.54, 1.807) is 12.1 Å². The zero-order valence-corrected chi connectivity index (χ0v) is 15.6. The van der Waals surface area contributed by atoms with Gasteiger partial charge in [-0.15, -0.1) is 10.2 Å². The summed E-state index contributed by atoms with van der Waals surface area (Å²) in [6, 6.07) is 6.03. The van der Waals surface area contributed by atoms with Crippen LogP contribution >= 0.6 is 23.5 Å². The minimum absolute atomic E-state index is 0.00322. The fourth-order valence-electron chi connectivity index (χ4n) is 2.29. The minimum atomic E-state index is -0.477. The van der Waals surface area contributed by atoms with Crippen LogP contribution in [0.2, 0.25) is 0 Å². The zero-order valence-electron chi connectivity index (χ0n) is 13.9. The summed E-state index contributed by atoms with van der Waals surface area (Å²) in [4.78, 5) is 35.9. The number of imide groups is 1. The summed E-state index contributed by atoms with van der Waals surface area (Å²) in [5, 5.41) is 10.3. The lowest BCUT2D eigenvalue weighted by molar-refractivity contribution is -0.125. The van der Waals surface area contributed by atoms with Crippen molar-refractivity contribution in [3.8, 4) is 11.4 Å². The summed E-state index contributed by atoms with van der Waals surface area (Å²) in [6.45, 7) is 0.290. The number of carbonyl (C=O) groups is 3. The maximum atomic E-state index is 13.8. The molecule has 0 spiro atoms. The molecule has 1 aliphatic heterocycles. The van der Waals surface area contributed by atoms with Crippen LogP contribution in [0, 0.1) is 5.82 Å². The van der Waals surface area contributed by atoms with Gasteiger partial charge in [0.05, 0.1) is 17.1 Å². The van der Waals surface area contributed by atoms with Gasteiger partial charge in [-0.2, -0.15) is 0 Å². The first kappa shape index (κ1) is 19.2. The summed E-state index contributed by atoms with van der Waals surface area (Å²) >= 11 is 1.98. The quantitative estimate of drug-likeness (QED) is 0.505. The Labute approximate surface area is 161 Å². The monoisotopic (exact) mass is 410 g/mol. The minimum Gasteiger partial charge on any atom is -0.354 e. The highest BCUT2D eigenvalue weighted by molar-refractivity contribution is 8.14. The van der Waals surface area contributed by atoms with Gasteiger partial charge in [0.15, 0.2) is 5.82 Å². The Morgan fingerprint density at radius 3 is 2.81 bits per heavy atom. The number of halogens is 1. The van der Waals surface area contributed by atoms with Gasteiger partial charge in [0.25, 0.3) is 5.24 Å². The standard InChI is InChI=1S/C15H15FN6O3S2/c16-10-4-2-1-3-9(10)13-19-20-14(22(13)17)26-7-11(23)18-5-6-21-12(24)8-27-15(21)25/h1-4H,5-8,17H2,(H,18,23). The van der Waals surface area contributed by atoms with Gasteiger partial charge in [-0.1, -0.05) is 35.7 Å². The van der Waals surface area contributed by atoms with Gasteiger partial charge in [-0.3, -0.25) is 19.3 Å². The summed E-state index contributed by atoms with van der Waals surface area (Å²) in [7, 11) is 0. The summed E-state index contributed by atoms with van der Waals surface area (Å²) in [5.74, 6) is 5.13. The SMILES string of the molecule is Nn1c(SCC(=O)NCCN2C(=O)CSC2=O)nnc1-c1ccccc1F. The first-order chi connectivity index (χ1) is 13.0. The number of nitrogen functional groups attached to an aromatic ring is 1. The van der Waals surface area contributed by atoms with Crippen LogP contribution in [0.25, 0.3) is 11.4 Å². The summed E-state index contributed by atoms with van der Waals surface area (Å²) in [6.07, 6.45) is 0. The highest BCUT2D eigenvalue weighted by Crippen LogP contribution is 2.23. The average Bonchev–Trinajstić information content (AvgIpc) is 3.17. The van der Waals surface area contributed by atoms with E-state index < -0.39 is 5.82 Å². The van der Waals surface area contributed by atoms with Crippen molar-refractivity contribution in [2.24, 2.45) is 0 Å². The van der Waals surface area contributed by atoms with Crippen molar-refractivity contribution in [2.75, 3.05) is 30.4 Å². The van der Waals surface area contributed by atoms with E-state index in [0.29, 0.717) is 0 Å². The molecular formula is C15H15FN6O3S2. The van der Waals surface area contributed by atoms with Gasteiger partial charge in [-0.05, 0) is 12.1 Å². The topological polar surface area (TPSA) is 123 Å². The molecule has 0 radical (unpaired) electrons. The van der Waals surface area contributed by atoms with Crippen LogP contribution in [0.3, 0.4) is 0 Å². The molecule has 2 aromatic rings. The van der Waals surface area contributed by atoms with Crippen molar-refractivity contribution in [3.63, 3.8) is 0 Å². The molecule has 1 fully saturated rings. The Hall–Kier alpha value is -2.60. The van der Waals surface area contributed by atoms with E-state index in [-0.39, 0.29) is 58.2 Å². The highest BCUT2D eigenvalue weighted by Gasteiger charge is 2.29. The molecule has 0 atom stereocenters. The Morgan fingerprint density at radius 2 is 2.11 bits per heavy atom. The second-order valence-corrected chi connectivity index (χ2v) is 7.26. The Balaban J connectivity index is 1.50. The lowest BCUT2D eigenvalue weighted by Gasteiger charge is -2.12. The zero-order chi connectivity index (χ0) is 19.4. The number of nitrogens with one attached hydrogen (secondary N) is 1. The van der Waals surface area contributed by atoms with Gasteiger partial charge >= 0.3 is 0 Å². The molecule has 3 N–H and O–H groups in total. The lowest BCUT2D eigenvalue weighted by Crippen LogP contribution is -2.38. The number of hydrogen-bond donors (Lipinski definition) is 2. The number of carbonyl (C=O) groups excluding carboxylic acids is 3. The summed E-state index contributed by atoms with van der Waals surface area (Å²) in [5.41, 5.74) is 0.210. The van der Waals surface area contributed by atoms with E-state index in [1.165, 1.54) is 12.1 Å². The van der Waals surface area contributed by atoms with Crippen LogP contribution in [0.4, 0.5) is 9.18 Å². The molecule has 142 valence electrons. The smallest absolute Gasteiger partial charge is 0.288 e. The van der Waals surface area contributed by atoms with Crippen molar-refractivity contribution < 1.29 is 18.8 Å². The fourth-order valence-corrected chi connectivity index (χ4v) is 3.73. The van der Waals surface area contributed by atoms with E-state index in [2.05, 4.69) is 15.5 Å². The van der Waals surface area contributed by atoms with Crippen LogP contribution < -0.4 is 11.2 Å². The van der Waals surface area contributed by atoms with Crippen LogP contribution in [-0.4, -0.2) is 61.4 Å². The lowest BCUT2D eigenvalue weighted by atomic mass is 10.2. The van der Waals surface area contributed by atoms with E-state index in [4.69, 9.17) is 5.84 Å². The second-order valence-electron chi connectivity index (χ2n) is 5.39. The van der Waals surface area contributed by atoms with Crippen molar-refractivity contribution in [1.29, 1.82) is 0 Å². The Kier molecular flexibility index (Phi) is 5.96. The predicted molar refractivity (Wildman–Crippen MR) is 98.9 cm³/mol. The average molecular weight is 410 g/mol. The third kappa shape index (κ3) is 4.39. The van der Waals surface area contributed by atoms with Gasteiger partial charge in [0, 0.05) is 13.1 Å². The second kappa shape index (κ2) is 8.39. The maximum Gasteiger partial charge on any atom is 0.288 e. The number of benzene rings is 1. The van der Waals surface area contributed by atoms with E-state index >= 15 is 0 Å². The molecule has 1 saturated heterocycles.